The van der Waals surface area contributed by atoms with Gasteiger partial charge in [0.05, 0.1) is 116 Å². The van der Waals surface area contributed by atoms with Gasteiger partial charge in [-0.2, -0.15) is 0 Å². The molecular formula is C64H127NO31P4S4. The van der Waals surface area contributed by atoms with Crippen molar-refractivity contribution in [2.24, 2.45) is 23.2 Å². The standard InChI is InChI=1S/C64H127NO31P4S4/c1-48-52(40-51(41-66)58(72)56(48)70)85-30-16-9-12-20-34-89-98(77,102)92-37-23-27-82-45-64(44-81-26-15-7-5-6-8-19-33-88-97(76,101)80-4,46-83-28-24-38-93-99(78,103)90-35-21-13-10-17-31-86-62-49(2)57(71)59(73)53(42-67)95-62)47-84-29-25-39-94-100(79,104)91-36-22-14-11-18-32-87-63-55(65-50(3)69)61(75)60(74)54(43-68)96-63/h48-49,51-63,66-68,70-75H,5-47H2,1-4H3,(H,65,69)(H,76,101)(H,77,102)(H,78,103)(H,79,104)/t48?,49?,51?,52-,53?,54?,55?,56-,57-,58+,59+,60+,61-,62-,63-,64?,97?,98?,99?,100?/m1/s1. The molecule has 3 fully saturated rings. The molecule has 618 valence electrons. The highest BCUT2D eigenvalue weighted by molar-refractivity contribution is 8.08. The van der Waals surface area contributed by atoms with Gasteiger partial charge in [0.15, 0.2) is 12.6 Å². The molecule has 1 aliphatic carbocycles. The van der Waals surface area contributed by atoms with E-state index in [1.807, 2.05) is 6.92 Å². The molecule has 0 aromatic heterocycles. The third kappa shape index (κ3) is 42.3. The minimum absolute atomic E-state index is 0.0248. The highest BCUT2D eigenvalue weighted by atomic mass is 32.5. The summed E-state index contributed by atoms with van der Waals surface area (Å²) < 4.78 is 97.9. The first-order valence-electron chi connectivity index (χ1n) is 36.6. The highest BCUT2D eigenvalue weighted by Crippen LogP contribution is 2.46. The number of aliphatic hydroxyl groups excluding tert-OH is 9. The fraction of sp³-hybridized carbons (Fsp3) is 0.984. The van der Waals surface area contributed by atoms with Crippen molar-refractivity contribution in [2.45, 2.75) is 236 Å². The van der Waals surface area contributed by atoms with E-state index >= 15 is 0 Å². The molecule has 20 atom stereocenters. The number of nitrogens with one attached hydrogen (secondary N) is 1. The fourth-order valence-corrected chi connectivity index (χ4v) is 15.9. The Hall–Kier alpha value is 0.870. The molecule has 104 heavy (non-hydrogen) atoms. The molecule has 0 aromatic carbocycles. The van der Waals surface area contributed by atoms with Gasteiger partial charge in [-0.15, -0.1) is 0 Å². The van der Waals surface area contributed by atoms with Gasteiger partial charge in [-0.05, 0) is 124 Å². The summed E-state index contributed by atoms with van der Waals surface area (Å²) in [6, 6.07) is -1.04. The Bertz CT molecular complexity index is 2330. The summed E-state index contributed by atoms with van der Waals surface area (Å²) in [6.07, 6.45) is 3.68. The van der Waals surface area contributed by atoms with Crippen LogP contribution in [-0.4, -0.2) is 291 Å². The van der Waals surface area contributed by atoms with Crippen LogP contribution in [0.1, 0.15) is 162 Å². The van der Waals surface area contributed by atoms with E-state index in [1.165, 1.54) is 14.0 Å². The van der Waals surface area contributed by atoms with Crippen molar-refractivity contribution in [1.29, 1.82) is 0 Å². The predicted octanol–water partition coefficient (Wildman–Crippen LogP) is 4.67. The van der Waals surface area contributed by atoms with Gasteiger partial charge >= 0.3 is 26.9 Å². The van der Waals surface area contributed by atoms with Gasteiger partial charge in [-0.1, -0.05) is 78.1 Å². The van der Waals surface area contributed by atoms with Crippen molar-refractivity contribution >= 4 is 80.0 Å². The Morgan fingerprint density at radius 3 is 1.11 bits per heavy atom. The Balaban J connectivity index is 1.53. The number of unbranched alkanes of at least 4 members (excludes halogenated alkanes) is 14. The molecule has 3 rings (SSSR count). The van der Waals surface area contributed by atoms with Gasteiger partial charge in [0.2, 0.25) is 5.91 Å². The van der Waals surface area contributed by atoms with Crippen molar-refractivity contribution in [3.8, 4) is 0 Å². The van der Waals surface area contributed by atoms with E-state index in [0.717, 1.165) is 70.6 Å². The molecule has 40 heteroatoms. The second-order valence-electron chi connectivity index (χ2n) is 26.7. The Labute approximate surface area is 635 Å². The largest absolute Gasteiger partial charge is 0.396 e. The lowest BCUT2D eigenvalue weighted by atomic mass is 9.77. The number of hydrogen-bond acceptors (Lipinski definition) is 31. The van der Waals surface area contributed by atoms with Crippen molar-refractivity contribution < 1.29 is 149 Å². The van der Waals surface area contributed by atoms with Crippen molar-refractivity contribution in [1.82, 2.24) is 5.32 Å². The van der Waals surface area contributed by atoms with Crippen LogP contribution in [0.3, 0.4) is 0 Å². The number of carbonyl (C=O) groups is 1. The molecule has 0 spiro atoms. The average molecular weight is 1660 g/mol. The molecular weight excluding hydrogens is 1530 g/mol. The van der Waals surface area contributed by atoms with Gasteiger partial charge in [0, 0.05) is 84.6 Å². The summed E-state index contributed by atoms with van der Waals surface area (Å²) in [4.78, 5) is 54.1. The van der Waals surface area contributed by atoms with Crippen LogP contribution in [0.4, 0.5) is 0 Å². The first-order valence-corrected chi connectivity index (χ1v) is 47.0. The van der Waals surface area contributed by atoms with E-state index in [9.17, 15) is 70.3 Å². The molecule has 0 bridgehead atoms. The predicted molar refractivity (Wildman–Crippen MR) is 398 cm³/mol. The summed E-state index contributed by atoms with van der Waals surface area (Å²) in [5, 5.41) is 93.1. The van der Waals surface area contributed by atoms with Gasteiger partial charge < -0.3 is 150 Å². The monoisotopic (exact) mass is 1660 g/mol. The molecule has 3 aliphatic rings. The Morgan fingerprint density at radius 1 is 0.404 bits per heavy atom. The molecule has 11 unspecified atom stereocenters. The average Bonchev–Trinajstić information content (AvgIpc) is 0.831. The normalized spacial score (nSPS) is 28.3. The number of amides is 1. The molecule has 2 aliphatic heterocycles. The maximum Gasteiger partial charge on any atom is 0.324 e. The van der Waals surface area contributed by atoms with E-state index in [1.54, 1.807) is 6.92 Å². The lowest BCUT2D eigenvalue weighted by molar-refractivity contribution is -0.282. The van der Waals surface area contributed by atoms with Gasteiger partial charge in [0.25, 0.3) is 0 Å². The molecule has 32 nitrogen and oxygen atoms in total. The summed E-state index contributed by atoms with van der Waals surface area (Å²) in [6.45, 7) is -7.00. The van der Waals surface area contributed by atoms with Crippen LogP contribution in [0.2, 0.25) is 0 Å². The minimum atomic E-state index is -3.61. The summed E-state index contributed by atoms with van der Waals surface area (Å²) in [5.74, 6) is -1.64. The lowest BCUT2D eigenvalue weighted by Crippen LogP contribution is -2.64. The van der Waals surface area contributed by atoms with Crippen LogP contribution in [0, 0.1) is 23.2 Å². The molecule has 1 saturated carbocycles. The second kappa shape index (κ2) is 56.2. The number of hydrogen-bond donors (Lipinski definition) is 14. The zero-order valence-corrected chi connectivity index (χ0v) is 68.0. The van der Waals surface area contributed by atoms with E-state index < -0.39 is 131 Å². The second-order valence-corrected chi connectivity index (χ2v) is 38.2. The maximum atomic E-state index is 11.8. The quantitative estimate of drug-likeness (QED) is 0.0290. The molecule has 0 radical (unpaired) electrons. The molecule has 1 amide bonds. The zero-order chi connectivity index (χ0) is 76.9. The van der Waals surface area contributed by atoms with E-state index in [4.69, 9.17) is 126 Å². The number of carbonyl (C=O) groups excluding carboxylic acids is 1. The first-order chi connectivity index (χ1) is 49.6. The smallest absolute Gasteiger partial charge is 0.324 e. The van der Waals surface area contributed by atoms with E-state index in [0.29, 0.717) is 97.1 Å². The number of rotatable bonds is 65. The molecule has 14 N–H and O–H groups in total. The topological polar surface area (TPSA) is 449 Å². The van der Waals surface area contributed by atoms with Gasteiger partial charge in [0.1, 0.15) is 36.6 Å². The van der Waals surface area contributed by atoms with E-state index in [-0.39, 0.29) is 111 Å². The van der Waals surface area contributed by atoms with Crippen molar-refractivity contribution in [3.05, 3.63) is 0 Å². The zero-order valence-electron chi connectivity index (χ0n) is 61.1. The molecule has 2 saturated heterocycles. The first kappa shape index (κ1) is 99.1. The highest BCUT2D eigenvalue weighted by Gasteiger charge is 2.46. The van der Waals surface area contributed by atoms with E-state index in [2.05, 4.69) is 5.32 Å². The van der Waals surface area contributed by atoms with Crippen LogP contribution in [0.15, 0.2) is 0 Å². The SMILES string of the molecule is COP(O)(=S)OCCCCCCCCOCC(COCCCOP(O)(=S)OCCCCCCO[C@@H]1OC(CO)[C@H](O)[C@H](O)C1C)(COCCCOP(O)(=S)OCCCCCCO[C@@H]1OC(CO)[C@H](O)[C@H](O)C1NC(C)=O)COCCCOP(O)(=S)OCCCCCCO[C@@H]1CC(CO)[C@H](O)[C@H](O)C1C. The van der Waals surface area contributed by atoms with Crippen molar-refractivity contribution in [3.63, 3.8) is 0 Å². The summed E-state index contributed by atoms with van der Waals surface area (Å²) in [5.41, 5.74) is -0.878. The Morgan fingerprint density at radius 2 is 0.721 bits per heavy atom. The third-order valence-corrected chi connectivity index (χ3v) is 24.5. The minimum Gasteiger partial charge on any atom is -0.396 e. The fourth-order valence-electron chi connectivity index (χ4n) is 11.5. The van der Waals surface area contributed by atoms with Crippen LogP contribution < -0.4 is 5.32 Å². The summed E-state index contributed by atoms with van der Waals surface area (Å²) >= 11 is 20.8. The van der Waals surface area contributed by atoms with Crippen LogP contribution in [-0.2, 0) is 131 Å². The summed E-state index contributed by atoms with van der Waals surface area (Å²) in [7, 11) is 1.32. The number of aliphatic hydroxyl groups is 9. The Kier molecular flexibility index (Phi) is 53.5. The van der Waals surface area contributed by atoms with Crippen molar-refractivity contribution in [2.75, 3.05) is 146 Å². The lowest BCUT2D eigenvalue weighted by Gasteiger charge is -2.42. The third-order valence-electron chi connectivity index (χ3n) is 17.8. The molecule has 2 heterocycles. The van der Waals surface area contributed by atoms with Crippen LogP contribution in [0.25, 0.3) is 0 Å². The van der Waals surface area contributed by atoms with Crippen LogP contribution in [0.5, 0.6) is 0 Å². The number of ether oxygens (including phenoxy) is 9. The maximum absolute atomic E-state index is 11.8. The van der Waals surface area contributed by atoms with Crippen LogP contribution >= 0.6 is 26.9 Å². The van der Waals surface area contributed by atoms with Gasteiger partial charge in [-0.25, -0.2) is 0 Å². The van der Waals surface area contributed by atoms with Gasteiger partial charge in [-0.3, -0.25) is 4.79 Å². The molecule has 0 aromatic rings.